The Hall–Kier alpha value is -0.680. The molecule has 0 bridgehead atoms. The van der Waals surface area contributed by atoms with Crippen molar-refractivity contribution < 1.29 is 0 Å². The minimum Gasteiger partial charge on any atom is -0.359 e. The summed E-state index contributed by atoms with van der Waals surface area (Å²) in [5.74, 6) is 2.65. The SMILES string of the molecule is CCCC(N)C#CN. The van der Waals surface area contributed by atoms with E-state index >= 15 is 0 Å². The summed E-state index contributed by atoms with van der Waals surface area (Å²) in [5.41, 5.74) is 10.4. The van der Waals surface area contributed by atoms with Crippen molar-refractivity contribution in [3.8, 4) is 12.0 Å². The highest BCUT2D eigenvalue weighted by Crippen LogP contribution is 1.88. The molecule has 0 saturated heterocycles. The van der Waals surface area contributed by atoms with Gasteiger partial charge in [-0.05, 0) is 6.42 Å². The lowest BCUT2D eigenvalue weighted by atomic mass is 10.2. The molecule has 0 spiro atoms. The molecule has 0 aromatic carbocycles. The number of nitrogens with two attached hydrogens (primary N) is 2. The van der Waals surface area contributed by atoms with Crippen LogP contribution in [-0.2, 0) is 0 Å². The Kier molecular flexibility index (Phi) is 4.10. The van der Waals surface area contributed by atoms with Gasteiger partial charge in [0.1, 0.15) is 0 Å². The van der Waals surface area contributed by atoms with Gasteiger partial charge in [0.2, 0.25) is 0 Å². The van der Waals surface area contributed by atoms with Crippen LogP contribution in [-0.4, -0.2) is 6.04 Å². The van der Waals surface area contributed by atoms with Crippen LogP contribution >= 0.6 is 0 Å². The van der Waals surface area contributed by atoms with Gasteiger partial charge >= 0.3 is 0 Å². The molecule has 0 fully saturated rings. The predicted molar refractivity (Wildman–Crippen MR) is 34.8 cm³/mol. The fourth-order valence-corrected chi connectivity index (χ4v) is 0.490. The molecule has 0 aliphatic heterocycles. The molecule has 46 valence electrons. The second-order valence-electron chi connectivity index (χ2n) is 1.68. The lowest BCUT2D eigenvalue weighted by Crippen LogP contribution is -2.16. The number of rotatable bonds is 2. The molecular weight excluding hydrogens is 100 g/mol. The van der Waals surface area contributed by atoms with Gasteiger partial charge in [-0.15, -0.1) is 0 Å². The van der Waals surface area contributed by atoms with Crippen LogP contribution in [0.3, 0.4) is 0 Å². The van der Waals surface area contributed by atoms with E-state index in [1.807, 2.05) is 0 Å². The van der Waals surface area contributed by atoms with E-state index in [1.54, 1.807) is 0 Å². The molecule has 4 N–H and O–H groups in total. The minimum absolute atomic E-state index is 0.0231. The van der Waals surface area contributed by atoms with Crippen LogP contribution in [0.4, 0.5) is 0 Å². The Labute approximate surface area is 50.2 Å². The molecule has 0 aliphatic rings. The quantitative estimate of drug-likeness (QED) is 0.391. The highest BCUT2D eigenvalue weighted by molar-refractivity contribution is 5.02. The maximum absolute atomic E-state index is 5.44. The van der Waals surface area contributed by atoms with E-state index in [4.69, 9.17) is 11.5 Å². The molecule has 0 aromatic rings. The van der Waals surface area contributed by atoms with E-state index in [1.165, 1.54) is 0 Å². The topological polar surface area (TPSA) is 52.0 Å². The fourth-order valence-electron chi connectivity index (χ4n) is 0.490. The molecule has 0 heterocycles. The minimum atomic E-state index is -0.0231. The first kappa shape index (κ1) is 7.32. The second-order valence-corrected chi connectivity index (χ2v) is 1.68. The van der Waals surface area contributed by atoms with Crippen LogP contribution in [0.5, 0.6) is 0 Å². The predicted octanol–water partition coefficient (Wildman–Crippen LogP) is 0.0334. The Morgan fingerprint density at radius 2 is 2.25 bits per heavy atom. The number of hydrogen-bond donors (Lipinski definition) is 2. The molecule has 1 atom stereocenters. The monoisotopic (exact) mass is 112 g/mol. The van der Waals surface area contributed by atoms with Crippen molar-refractivity contribution in [1.82, 2.24) is 0 Å². The summed E-state index contributed by atoms with van der Waals surface area (Å²) in [7, 11) is 0. The average Bonchev–Trinajstić information content (AvgIpc) is 1.68. The van der Waals surface area contributed by atoms with Gasteiger partial charge in [0.15, 0.2) is 0 Å². The fraction of sp³-hybridized carbons (Fsp3) is 0.667. The summed E-state index contributed by atoms with van der Waals surface area (Å²) >= 11 is 0. The zero-order valence-corrected chi connectivity index (χ0v) is 5.15. The zero-order chi connectivity index (χ0) is 6.41. The Balaban J connectivity index is 3.27. The Bertz CT molecular complexity index is 98.8. The third-order valence-corrected chi connectivity index (χ3v) is 0.868. The maximum atomic E-state index is 5.44. The smallest absolute Gasteiger partial charge is 0.0682 e. The first-order valence-corrected chi connectivity index (χ1v) is 2.78. The molecule has 0 aromatic heterocycles. The van der Waals surface area contributed by atoms with Gasteiger partial charge < -0.3 is 11.5 Å². The van der Waals surface area contributed by atoms with Crippen molar-refractivity contribution >= 4 is 0 Å². The van der Waals surface area contributed by atoms with E-state index in [-0.39, 0.29) is 6.04 Å². The molecule has 2 heteroatoms. The van der Waals surface area contributed by atoms with Gasteiger partial charge in [-0.1, -0.05) is 19.3 Å². The molecule has 8 heavy (non-hydrogen) atoms. The van der Waals surface area contributed by atoms with Crippen LogP contribution in [0.15, 0.2) is 0 Å². The van der Waals surface area contributed by atoms with Gasteiger partial charge in [-0.25, -0.2) is 0 Å². The van der Waals surface area contributed by atoms with Crippen LogP contribution in [0.25, 0.3) is 0 Å². The second kappa shape index (κ2) is 4.48. The highest BCUT2D eigenvalue weighted by Gasteiger charge is 1.91. The third kappa shape index (κ3) is 3.51. The summed E-state index contributed by atoms with van der Waals surface area (Å²) < 4.78 is 0. The maximum Gasteiger partial charge on any atom is 0.0682 e. The van der Waals surface area contributed by atoms with Crippen molar-refractivity contribution in [3.63, 3.8) is 0 Å². The van der Waals surface area contributed by atoms with Gasteiger partial charge in [0.25, 0.3) is 0 Å². The van der Waals surface area contributed by atoms with Gasteiger partial charge in [-0.2, -0.15) is 0 Å². The summed E-state index contributed by atoms with van der Waals surface area (Å²) in [4.78, 5) is 0. The van der Waals surface area contributed by atoms with Gasteiger partial charge in [-0.3, -0.25) is 0 Å². The molecule has 1 unspecified atom stereocenters. The third-order valence-electron chi connectivity index (χ3n) is 0.868. The first-order chi connectivity index (χ1) is 3.81. The molecule has 0 saturated carbocycles. The summed E-state index contributed by atoms with van der Waals surface area (Å²) in [5, 5.41) is 0. The van der Waals surface area contributed by atoms with Crippen LogP contribution in [0.2, 0.25) is 0 Å². The van der Waals surface area contributed by atoms with E-state index < -0.39 is 0 Å². The van der Waals surface area contributed by atoms with Crippen LogP contribution in [0.1, 0.15) is 19.8 Å². The van der Waals surface area contributed by atoms with Crippen LogP contribution in [0, 0.1) is 12.0 Å². The van der Waals surface area contributed by atoms with E-state index in [0.717, 1.165) is 12.8 Å². The summed E-state index contributed by atoms with van der Waals surface area (Å²) in [6.07, 6.45) is 2.00. The molecule has 0 radical (unpaired) electrons. The van der Waals surface area contributed by atoms with Crippen LogP contribution < -0.4 is 11.5 Å². The lowest BCUT2D eigenvalue weighted by Gasteiger charge is -1.96. The van der Waals surface area contributed by atoms with Crippen molar-refractivity contribution in [1.29, 1.82) is 0 Å². The van der Waals surface area contributed by atoms with E-state index in [2.05, 4.69) is 18.9 Å². The van der Waals surface area contributed by atoms with Crippen molar-refractivity contribution in [2.24, 2.45) is 11.5 Å². The molecular formula is C6H12N2. The summed E-state index contributed by atoms with van der Waals surface area (Å²) in [6, 6.07) is 2.25. The van der Waals surface area contributed by atoms with Crippen molar-refractivity contribution in [2.45, 2.75) is 25.8 Å². The average molecular weight is 112 g/mol. The Morgan fingerprint density at radius 3 is 2.62 bits per heavy atom. The van der Waals surface area contributed by atoms with Crippen molar-refractivity contribution in [2.75, 3.05) is 0 Å². The number of hydrogen-bond acceptors (Lipinski definition) is 2. The van der Waals surface area contributed by atoms with Crippen molar-refractivity contribution in [3.05, 3.63) is 0 Å². The molecule has 0 aliphatic carbocycles. The van der Waals surface area contributed by atoms with Gasteiger partial charge in [0.05, 0.1) is 6.04 Å². The first-order valence-electron chi connectivity index (χ1n) is 2.78. The summed E-state index contributed by atoms with van der Waals surface area (Å²) in [6.45, 7) is 2.07. The molecule has 2 nitrogen and oxygen atoms in total. The van der Waals surface area contributed by atoms with E-state index in [9.17, 15) is 0 Å². The van der Waals surface area contributed by atoms with Gasteiger partial charge in [0, 0.05) is 6.04 Å². The Morgan fingerprint density at radius 1 is 1.62 bits per heavy atom. The zero-order valence-electron chi connectivity index (χ0n) is 5.15. The standard InChI is InChI=1S/C6H12N2/c1-2-3-6(8)4-5-7/h6H,2-3,7-8H2,1H3. The largest absolute Gasteiger partial charge is 0.359 e. The highest BCUT2D eigenvalue weighted by atomic mass is 14.6. The molecule has 0 rings (SSSR count). The molecule has 0 amide bonds. The normalized spacial score (nSPS) is 11.8. The van der Waals surface area contributed by atoms with E-state index in [0.29, 0.717) is 0 Å². The lowest BCUT2D eigenvalue weighted by molar-refractivity contribution is 0.720.